The zero-order valence-electron chi connectivity index (χ0n) is 10.8. The first-order chi connectivity index (χ1) is 8.77. The highest BCUT2D eigenvalue weighted by Gasteiger charge is 2.18. The summed E-state index contributed by atoms with van der Waals surface area (Å²) in [5.74, 6) is -0.505. The Kier molecular flexibility index (Phi) is 5.73. The zero-order chi connectivity index (χ0) is 14.6. The van der Waals surface area contributed by atoms with Crippen molar-refractivity contribution in [3.8, 4) is 0 Å². The molecule has 0 aliphatic carbocycles. The van der Waals surface area contributed by atoms with Crippen LogP contribution in [0.2, 0.25) is 5.02 Å². The lowest BCUT2D eigenvalue weighted by molar-refractivity contribution is 0.281. The van der Waals surface area contributed by atoms with E-state index in [1.165, 1.54) is 6.07 Å². The molecule has 0 aromatic heterocycles. The van der Waals surface area contributed by atoms with Crippen LogP contribution >= 0.6 is 11.6 Å². The van der Waals surface area contributed by atoms with E-state index in [4.69, 9.17) is 16.7 Å². The van der Waals surface area contributed by atoms with Crippen molar-refractivity contribution in [2.45, 2.75) is 31.8 Å². The summed E-state index contributed by atoms with van der Waals surface area (Å²) in [5.41, 5.74) is 0.0471. The van der Waals surface area contributed by atoms with Crippen LogP contribution in [-0.2, 0) is 16.6 Å². The Bertz CT molecular complexity index is 546. The Balaban J connectivity index is 2.98. The third kappa shape index (κ3) is 4.42. The number of benzene rings is 1. The number of rotatable bonds is 6. The second kappa shape index (κ2) is 6.65. The van der Waals surface area contributed by atoms with Crippen LogP contribution in [0, 0.1) is 11.7 Å². The zero-order valence-corrected chi connectivity index (χ0v) is 12.4. The second-order valence-corrected chi connectivity index (χ2v) is 6.76. The molecule has 0 aliphatic heterocycles. The molecule has 19 heavy (non-hydrogen) atoms. The van der Waals surface area contributed by atoms with Gasteiger partial charge in [-0.1, -0.05) is 25.4 Å². The molecule has 7 heteroatoms. The van der Waals surface area contributed by atoms with Gasteiger partial charge in [0.25, 0.3) is 0 Å². The Labute approximate surface area is 117 Å². The Morgan fingerprint density at radius 3 is 2.58 bits per heavy atom. The predicted molar refractivity (Wildman–Crippen MR) is 72.0 cm³/mol. The molecule has 0 radical (unpaired) electrons. The normalized spacial score (nSPS) is 12.1. The van der Waals surface area contributed by atoms with Gasteiger partial charge >= 0.3 is 0 Å². The van der Waals surface area contributed by atoms with Crippen LogP contribution in [0.4, 0.5) is 4.39 Å². The van der Waals surface area contributed by atoms with E-state index in [1.54, 1.807) is 0 Å². The minimum Gasteiger partial charge on any atom is -0.392 e. The van der Waals surface area contributed by atoms with Gasteiger partial charge < -0.3 is 5.11 Å². The lowest BCUT2D eigenvalue weighted by Crippen LogP contribution is -2.26. The SMILES string of the molecule is CC(C)CCNS(=O)(=O)c1cc(F)c(Cl)c(CO)c1. The number of hydrogen-bond acceptors (Lipinski definition) is 3. The third-order valence-corrected chi connectivity index (χ3v) is 4.44. The third-order valence-electron chi connectivity index (χ3n) is 2.57. The second-order valence-electron chi connectivity index (χ2n) is 4.62. The number of aliphatic hydroxyl groups is 1. The minimum atomic E-state index is -3.79. The fraction of sp³-hybridized carbons (Fsp3) is 0.500. The van der Waals surface area contributed by atoms with Gasteiger partial charge in [0.2, 0.25) is 10.0 Å². The van der Waals surface area contributed by atoms with Crippen molar-refractivity contribution in [3.05, 3.63) is 28.5 Å². The van der Waals surface area contributed by atoms with Gasteiger partial charge in [-0.3, -0.25) is 0 Å². The molecular weight excluding hydrogens is 293 g/mol. The van der Waals surface area contributed by atoms with Gasteiger partial charge in [-0.15, -0.1) is 0 Å². The van der Waals surface area contributed by atoms with E-state index in [1.807, 2.05) is 13.8 Å². The average molecular weight is 310 g/mol. The Hall–Kier alpha value is -0.690. The average Bonchev–Trinajstić information content (AvgIpc) is 2.31. The summed E-state index contributed by atoms with van der Waals surface area (Å²) in [4.78, 5) is -0.234. The number of sulfonamides is 1. The van der Waals surface area contributed by atoms with Gasteiger partial charge in [-0.25, -0.2) is 17.5 Å². The summed E-state index contributed by atoms with van der Waals surface area (Å²) in [5, 5.41) is 8.76. The van der Waals surface area contributed by atoms with Crippen LogP contribution in [0.1, 0.15) is 25.8 Å². The van der Waals surface area contributed by atoms with Crippen LogP contribution in [-0.4, -0.2) is 20.1 Å². The fourth-order valence-electron chi connectivity index (χ4n) is 1.45. The summed E-state index contributed by atoms with van der Waals surface area (Å²) in [6.07, 6.45) is 0.683. The van der Waals surface area contributed by atoms with Gasteiger partial charge in [0.05, 0.1) is 16.5 Å². The van der Waals surface area contributed by atoms with E-state index in [2.05, 4.69) is 4.72 Å². The molecule has 0 aliphatic rings. The maximum atomic E-state index is 13.5. The molecule has 0 amide bonds. The van der Waals surface area contributed by atoms with Crippen LogP contribution in [0.15, 0.2) is 17.0 Å². The predicted octanol–water partition coefficient (Wildman–Crippen LogP) is 2.30. The van der Waals surface area contributed by atoms with E-state index >= 15 is 0 Å². The largest absolute Gasteiger partial charge is 0.392 e. The number of nitrogens with one attached hydrogen (secondary N) is 1. The molecule has 0 bridgehead atoms. The molecule has 2 N–H and O–H groups in total. The van der Waals surface area contributed by atoms with E-state index in [0.29, 0.717) is 12.3 Å². The topological polar surface area (TPSA) is 66.4 Å². The smallest absolute Gasteiger partial charge is 0.240 e. The van der Waals surface area contributed by atoms with E-state index < -0.39 is 22.4 Å². The maximum Gasteiger partial charge on any atom is 0.240 e. The highest BCUT2D eigenvalue weighted by Crippen LogP contribution is 2.24. The first-order valence-corrected chi connectivity index (χ1v) is 7.72. The molecule has 4 nitrogen and oxygen atoms in total. The minimum absolute atomic E-state index is 0.0471. The number of halogens is 2. The summed E-state index contributed by atoms with van der Waals surface area (Å²) in [6.45, 7) is 3.70. The van der Waals surface area contributed by atoms with Crippen LogP contribution < -0.4 is 4.72 Å². The molecule has 1 aromatic rings. The maximum absolute atomic E-state index is 13.5. The summed E-state index contributed by atoms with van der Waals surface area (Å²) >= 11 is 5.61. The first kappa shape index (κ1) is 16.4. The molecule has 0 unspecified atom stereocenters. The highest BCUT2D eigenvalue weighted by molar-refractivity contribution is 7.89. The number of hydrogen-bond donors (Lipinski definition) is 2. The fourth-order valence-corrected chi connectivity index (χ4v) is 2.73. The van der Waals surface area contributed by atoms with Gasteiger partial charge in [0.15, 0.2) is 0 Å². The van der Waals surface area contributed by atoms with E-state index in [0.717, 1.165) is 6.07 Å². The quantitative estimate of drug-likeness (QED) is 0.847. The summed E-state index contributed by atoms with van der Waals surface area (Å²) in [6, 6.07) is 2.02. The molecular formula is C12H17ClFNO3S. The van der Waals surface area contributed by atoms with Crippen molar-refractivity contribution >= 4 is 21.6 Å². The van der Waals surface area contributed by atoms with Crippen molar-refractivity contribution in [3.63, 3.8) is 0 Å². The molecule has 0 fully saturated rings. The van der Waals surface area contributed by atoms with Crippen molar-refractivity contribution in [2.24, 2.45) is 5.92 Å². The van der Waals surface area contributed by atoms with Crippen molar-refractivity contribution in [2.75, 3.05) is 6.54 Å². The van der Waals surface area contributed by atoms with Gasteiger partial charge in [-0.2, -0.15) is 0 Å². The molecule has 0 heterocycles. The van der Waals surface area contributed by atoms with Gasteiger partial charge in [0.1, 0.15) is 5.82 Å². The molecule has 1 rings (SSSR count). The van der Waals surface area contributed by atoms with E-state index in [9.17, 15) is 12.8 Å². The number of aliphatic hydroxyl groups excluding tert-OH is 1. The monoisotopic (exact) mass is 309 g/mol. The first-order valence-electron chi connectivity index (χ1n) is 5.86. The van der Waals surface area contributed by atoms with Crippen molar-refractivity contribution < 1.29 is 17.9 Å². The van der Waals surface area contributed by atoms with Gasteiger partial charge in [0, 0.05) is 12.1 Å². The molecule has 0 saturated heterocycles. The molecule has 108 valence electrons. The lowest BCUT2D eigenvalue weighted by Gasteiger charge is -2.10. The molecule has 0 spiro atoms. The standard InChI is InChI=1S/C12H17ClFNO3S/c1-8(2)3-4-15-19(17,18)10-5-9(7-16)12(13)11(14)6-10/h5-6,8,15-16H,3-4,7H2,1-2H3. The van der Waals surface area contributed by atoms with Crippen LogP contribution in [0.3, 0.4) is 0 Å². The Morgan fingerprint density at radius 2 is 2.05 bits per heavy atom. The molecule has 0 atom stereocenters. The van der Waals surface area contributed by atoms with E-state index in [-0.39, 0.29) is 22.0 Å². The summed E-state index contributed by atoms with van der Waals surface area (Å²) < 4.78 is 39.7. The van der Waals surface area contributed by atoms with Crippen molar-refractivity contribution in [1.29, 1.82) is 0 Å². The summed E-state index contributed by atoms with van der Waals surface area (Å²) in [7, 11) is -3.79. The highest BCUT2D eigenvalue weighted by atomic mass is 35.5. The van der Waals surface area contributed by atoms with Gasteiger partial charge in [-0.05, 0) is 24.5 Å². The van der Waals surface area contributed by atoms with Crippen LogP contribution in [0.25, 0.3) is 0 Å². The Morgan fingerprint density at radius 1 is 1.42 bits per heavy atom. The van der Waals surface area contributed by atoms with Crippen LogP contribution in [0.5, 0.6) is 0 Å². The molecule has 0 saturated carbocycles. The van der Waals surface area contributed by atoms with Crippen molar-refractivity contribution in [1.82, 2.24) is 4.72 Å². The lowest BCUT2D eigenvalue weighted by atomic mass is 10.1. The molecule has 1 aromatic carbocycles.